The van der Waals surface area contributed by atoms with Crippen LogP contribution in [0.1, 0.15) is 0 Å². The van der Waals surface area contributed by atoms with Crippen LogP contribution in [0.2, 0.25) is 0 Å². The standard InChI is InChI=1S/2C6H6O3.Zr/c2*7-4-1-2-5(8)6(9)3-4;/h2*1-3,7-9H;. The molecular weight excluding hydrogens is 331 g/mol. The minimum Gasteiger partial charge on any atom is -0.508 e. The molecule has 0 saturated heterocycles. The number of phenols is 6. The average molecular weight is 343 g/mol. The predicted molar refractivity (Wildman–Crippen MR) is 62.9 cm³/mol. The van der Waals surface area contributed by atoms with Gasteiger partial charge in [-0.15, -0.1) is 0 Å². The van der Waals surface area contributed by atoms with Crippen molar-refractivity contribution in [2.45, 2.75) is 0 Å². The van der Waals surface area contributed by atoms with Crippen LogP contribution < -0.4 is 0 Å². The summed E-state index contributed by atoms with van der Waals surface area (Å²) in [4.78, 5) is 0. The van der Waals surface area contributed by atoms with Crippen LogP contribution in [0.4, 0.5) is 0 Å². The monoisotopic (exact) mass is 342 g/mol. The molecule has 0 unspecified atom stereocenters. The summed E-state index contributed by atoms with van der Waals surface area (Å²) in [5, 5.41) is 52.1. The number of rotatable bonds is 0. The maximum absolute atomic E-state index is 8.69. The van der Waals surface area contributed by atoms with E-state index < -0.39 is 0 Å². The smallest absolute Gasteiger partial charge is 0.161 e. The molecule has 0 amide bonds. The van der Waals surface area contributed by atoms with Crippen LogP contribution in [0.15, 0.2) is 36.4 Å². The Morgan fingerprint density at radius 1 is 0.474 bits per heavy atom. The Bertz CT molecular complexity index is 494. The molecule has 2 aromatic rings. The van der Waals surface area contributed by atoms with E-state index in [4.69, 9.17) is 30.6 Å². The van der Waals surface area contributed by atoms with Crippen molar-refractivity contribution in [3.8, 4) is 34.5 Å². The fraction of sp³-hybridized carbons (Fsp3) is 0. The van der Waals surface area contributed by atoms with Gasteiger partial charge >= 0.3 is 0 Å². The third-order valence-corrected chi connectivity index (χ3v) is 1.92. The van der Waals surface area contributed by atoms with Crippen molar-refractivity contribution in [1.82, 2.24) is 0 Å². The Hall–Kier alpha value is -1.88. The molecule has 0 heterocycles. The summed E-state index contributed by atoms with van der Waals surface area (Å²) in [6.45, 7) is 0. The van der Waals surface area contributed by atoms with Crippen molar-refractivity contribution in [1.29, 1.82) is 0 Å². The first kappa shape index (κ1) is 17.1. The van der Waals surface area contributed by atoms with Crippen LogP contribution >= 0.6 is 0 Å². The summed E-state index contributed by atoms with van der Waals surface area (Å²) in [5.74, 6) is -1.21. The first-order chi connectivity index (χ1) is 8.40. The van der Waals surface area contributed by atoms with Crippen molar-refractivity contribution in [2.24, 2.45) is 0 Å². The Morgan fingerprint density at radius 2 is 0.789 bits per heavy atom. The van der Waals surface area contributed by atoms with Crippen LogP contribution in [-0.2, 0) is 26.2 Å². The van der Waals surface area contributed by atoms with Gasteiger partial charge in [0.05, 0.1) is 0 Å². The molecule has 6 N–H and O–H groups in total. The Kier molecular flexibility index (Phi) is 6.79. The van der Waals surface area contributed by atoms with E-state index in [1.54, 1.807) is 0 Å². The van der Waals surface area contributed by atoms with Crippen molar-refractivity contribution in [3.05, 3.63) is 36.4 Å². The summed E-state index contributed by atoms with van der Waals surface area (Å²) >= 11 is 0. The minimum atomic E-state index is -0.310. The zero-order valence-corrected chi connectivity index (χ0v) is 12.1. The molecule has 6 nitrogen and oxygen atoms in total. The topological polar surface area (TPSA) is 121 Å². The molecule has 7 heteroatoms. The Morgan fingerprint density at radius 3 is 1.00 bits per heavy atom. The molecule has 2 rings (SSSR count). The number of benzene rings is 2. The van der Waals surface area contributed by atoms with Crippen LogP contribution in [-0.4, -0.2) is 30.6 Å². The van der Waals surface area contributed by atoms with Gasteiger partial charge in [0.1, 0.15) is 11.5 Å². The minimum absolute atomic E-state index is 0. The zero-order valence-electron chi connectivity index (χ0n) is 9.65. The van der Waals surface area contributed by atoms with Crippen molar-refractivity contribution in [2.75, 3.05) is 0 Å². The van der Waals surface area contributed by atoms with Gasteiger partial charge in [-0.3, -0.25) is 0 Å². The van der Waals surface area contributed by atoms with Gasteiger partial charge in [-0.05, 0) is 24.3 Å². The average Bonchev–Trinajstić information content (AvgIpc) is 2.30. The summed E-state index contributed by atoms with van der Waals surface area (Å²) in [6.07, 6.45) is 0. The number of hydrogen-bond donors (Lipinski definition) is 6. The SMILES string of the molecule is Oc1ccc(O)c(O)c1.Oc1ccc(O)c(O)c1.[Zr]. The number of phenolic OH excluding ortho intramolecular Hbond substituents is 6. The Labute approximate surface area is 128 Å². The van der Waals surface area contributed by atoms with Crippen molar-refractivity contribution >= 4 is 0 Å². The fourth-order valence-electron chi connectivity index (χ4n) is 1.02. The van der Waals surface area contributed by atoms with Crippen LogP contribution in [0.25, 0.3) is 0 Å². The van der Waals surface area contributed by atoms with E-state index >= 15 is 0 Å². The Balaban J connectivity index is 0.000000324. The zero-order chi connectivity index (χ0) is 13.7. The molecule has 0 radical (unpaired) electrons. The van der Waals surface area contributed by atoms with E-state index in [1.807, 2.05) is 0 Å². The van der Waals surface area contributed by atoms with E-state index in [0.29, 0.717) is 0 Å². The second-order valence-corrected chi connectivity index (χ2v) is 3.35. The van der Waals surface area contributed by atoms with Crippen LogP contribution in [0.5, 0.6) is 34.5 Å². The maximum atomic E-state index is 8.69. The quantitative estimate of drug-likeness (QED) is 0.319. The third-order valence-electron chi connectivity index (χ3n) is 1.92. The van der Waals surface area contributed by atoms with Gasteiger partial charge in [-0.2, -0.15) is 0 Å². The molecule has 0 bridgehead atoms. The molecule has 0 fully saturated rings. The third kappa shape index (κ3) is 5.53. The number of aromatic hydroxyl groups is 6. The van der Waals surface area contributed by atoms with Gasteiger partial charge in [0.15, 0.2) is 23.0 Å². The molecule has 100 valence electrons. The van der Waals surface area contributed by atoms with Crippen LogP contribution in [0, 0.1) is 0 Å². The molecule has 0 atom stereocenters. The second-order valence-electron chi connectivity index (χ2n) is 3.35. The molecule has 0 aliphatic heterocycles. The van der Waals surface area contributed by atoms with E-state index in [2.05, 4.69) is 0 Å². The second kappa shape index (κ2) is 7.53. The predicted octanol–water partition coefficient (Wildman–Crippen LogP) is 1.60. The van der Waals surface area contributed by atoms with E-state index in [-0.39, 0.29) is 60.7 Å². The molecule has 0 spiro atoms. The van der Waals surface area contributed by atoms with Gasteiger partial charge in [-0.25, -0.2) is 0 Å². The first-order valence-corrected chi connectivity index (χ1v) is 4.82. The van der Waals surface area contributed by atoms with Gasteiger partial charge in [0, 0.05) is 38.3 Å². The van der Waals surface area contributed by atoms with Gasteiger partial charge in [-0.1, -0.05) is 0 Å². The van der Waals surface area contributed by atoms with Gasteiger partial charge < -0.3 is 30.6 Å². The van der Waals surface area contributed by atoms with Crippen molar-refractivity contribution in [3.63, 3.8) is 0 Å². The van der Waals surface area contributed by atoms with E-state index in [9.17, 15) is 0 Å². The van der Waals surface area contributed by atoms with E-state index in [1.165, 1.54) is 24.3 Å². The first-order valence-electron chi connectivity index (χ1n) is 4.82. The summed E-state index contributed by atoms with van der Waals surface area (Å²) in [5.41, 5.74) is 0. The molecule has 0 saturated carbocycles. The molecule has 0 aromatic heterocycles. The normalized spacial score (nSPS) is 8.84. The molecule has 0 aliphatic rings. The van der Waals surface area contributed by atoms with Crippen LogP contribution in [0.3, 0.4) is 0 Å². The summed E-state index contributed by atoms with van der Waals surface area (Å²) in [7, 11) is 0. The largest absolute Gasteiger partial charge is 0.508 e. The summed E-state index contributed by atoms with van der Waals surface area (Å²) < 4.78 is 0. The van der Waals surface area contributed by atoms with Gasteiger partial charge in [0.2, 0.25) is 0 Å². The van der Waals surface area contributed by atoms with Gasteiger partial charge in [0.25, 0.3) is 0 Å². The molecule has 19 heavy (non-hydrogen) atoms. The molecule has 0 aliphatic carbocycles. The van der Waals surface area contributed by atoms with Crippen molar-refractivity contribution < 1.29 is 56.8 Å². The van der Waals surface area contributed by atoms with E-state index in [0.717, 1.165) is 12.1 Å². The molecular formula is C12H12O6Zr. The fourth-order valence-corrected chi connectivity index (χ4v) is 1.02. The summed E-state index contributed by atoms with van der Waals surface area (Å²) in [6, 6.07) is 7.13. The molecule has 2 aromatic carbocycles. The number of hydrogen-bond acceptors (Lipinski definition) is 6. The maximum Gasteiger partial charge on any atom is 0.161 e.